The average Bonchev–Trinajstić information content (AvgIpc) is 2.62. The first-order chi connectivity index (χ1) is 13.2. The monoisotopic (exact) mass is 388 g/mol. The van der Waals surface area contributed by atoms with Crippen LogP contribution in [0.4, 0.5) is 10.1 Å². The van der Waals surface area contributed by atoms with Crippen molar-refractivity contribution in [3.63, 3.8) is 0 Å². The zero-order valence-electron chi connectivity index (χ0n) is 14.6. The summed E-state index contributed by atoms with van der Waals surface area (Å²) in [5, 5.41) is 16.2. The lowest BCUT2D eigenvalue weighted by molar-refractivity contribution is -0.110. The molecule has 0 saturated carbocycles. The first kappa shape index (κ1) is 21.9. The molecule has 1 aromatic carbocycles. The number of carboxylic acid groups (broad SMARTS) is 1. The molecule has 0 fully saturated rings. The molecule has 0 spiro atoms. The molecule has 0 saturated heterocycles. The van der Waals surface area contributed by atoms with Gasteiger partial charge in [0.1, 0.15) is 5.82 Å². The number of hydrogen-bond acceptors (Lipinski definition) is 7. The van der Waals surface area contributed by atoms with Crippen LogP contribution in [0.25, 0.3) is 0 Å². The van der Waals surface area contributed by atoms with E-state index in [-0.39, 0.29) is 23.4 Å². The number of nitrogens with two attached hydrogens (primary N) is 3. The van der Waals surface area contributed by atoms with Gasteiger partial charge in [-0.25, -0.2) is 15.0 Å². The van der Waals surface area contributed by atoms with Crippen molar-refractivity contribution >= 4 is 29.7 Å². The predicted molar refractivity (Wildman–Crippen MR) is 99.7 cm³/mol. The Kier molecular flexibility index (Phi) is 7.43. The Morgan fingerprint density at radius 2 is 2.00 bits per heavy atom. The Bertz CT molecular complexity index is 942. The molecule has 0 atom stereocenters. The van der Waals surface area contributed by atoms with Crippen LogP contribution in [-0.2, 0) is 9.59 Å². The topological polar surface area (TPSA) is 177 Å². The number of anilines is 1. The summed E-state index contributed by atoms with van der Waals surface area (Å²) in [6, 6.07) is 1.79. The van der Waals surface area contributed by atoms with Crippen LogP contribution >= 0.6 is 0 Å². The Hall–Kier alpha value is -4.17. The molecule has 1 aliphatic rings. The third-order valence-corrected chi connectivity index (χ3v) is 3.24. The number of amides is 2. The molecule has 28 heavy (non-hydrogen) atoms. The van der Waals surface area contributed by atoms with E-state index in [1.54, 1.807) is 6.92 Å². The van der Waals surface area contributed by atoms with E-state index in [1.807, 2.05) is 0 Å². The number of hydrazone groups is 1. The smallest absolute Gasteiger partial charge is 0.337 e. The maximum Gasteiger partial charge on any atom is 0.337 e. The summed E-state index contributed by atoms with van der Waals surface area (Å²) in [7, 11) is 0. The summed E-state index contributed by atoms with van der Waals surface area (Å²) in [5.74, 6) is 4.66. The number of allylic oxidation sites excluding steroid dienone is 2. The molecule has 146 valence electrons. The normalized spacial score (nSPS) is 14.1. The second-order valence-electron chi connectivity index (χ2n) is 5.15. The van der Waals surface area contributed by atoms with E-state index < -0.39 is 23.3 Å². The average molecular weight is 388 g/mol. The summed E-state index contributed by atoms with van der Waals surface area (Å²) in [6.45, 7) is 1.61. The molecule has 11 heteroatoms. The van der Waals surface area contributed by atoms with Crippen molar-refractivity contribution in [1.29, 1.82) is 0 Å². The molecule has 0 bridgehead atoms. The molecule has 0 radical (unpaired) electrons. The fraction of sp³-hybridized carbons (Fsp3) is 0.0588. The number of primary amides is 1. The third kappa shape index (κ3) is 5.16. The first-order valence-corrected chi connectivity index (χ1v) is 7.44. The number of carbonyl (C=O) groups is 3. The van der Waals surface area contributed by atoms with Crippen LogP contribution in [0.2, 0.25) is 0 Å². The van der Waals surface area contributed by atoms with Gasteiger partial charge in [-0.2, -0.15) is 10.2 Å². The summed E-state index contributed by atoms with van der Waals surface area (Å²) < 4.78 is 13.7. The summed E-state index contributed by atoms with van der Waals surface area (Å²) >= 11 is 0. The number of rotatable bonds is 3. The molecular weight excluding hydrogens is 371 g/mol. The van der Waals surface area contributed by atoms with Crippen molar-refractivity contribution in [2.75, 3.05) is 5.32 Å². The zero-order chi connectivity index (χ0) is 21.4. The van der Waals surface area contributed by atoms with Crippen molar-refractivity contribution in [3.8, 4) is 12.3 Å². The van der Waals surface area contributed by atoms with Crippen LogP contribution < -0.4 is 22.6 Å². The first-order valence-electron chi connectivity index (χ1n) is 7.44. The number of aromatic carboxylic acids is 1. The van der Waals surface area contributed by atoms with Gasteiger partial charge in [0.15, 0.2) is 5.71 Å². The maximum atomic E-state index is 13.7. The van der Waals surface area contributed by atoms with E-state index in [0.29, 0.717) is 11.4 Å². The Morgan fingerprint density at radius 1 is 1.39 bits per heavy atom. The highest BCUT2D eigenvalue weighted by molar-refractivity contribution is 6.47. The minimum absolute atomic E-state index is 0.101. The van der Waals surface area contributed by atoms with Crippen LogP contribution in [0.5, 0.6) is 0 Å². The number of carboxylic acids is 1. The molecule has 2 amide bonds. The van der Waals surface area contributed by atoms with Gasteiger partial charge in [0, 0.05) is 5.70 Å². The number of hydrogen-bond donors (Lipinski definition) is 5. The minimum atomic E-state index is -1.43. The molecule has 1 aromatic rings. The molecular formula is C17H17FN6O4. The van der Waals surface area contributed by atoms with E-state index in [1.165, 1.54) is 12.2 Å². The van der Waals surface area contributed by atoms with Gasteiger partial charge in [-0.05, 0) is 31.2 Å². The molecule has 1 heterocycles. The number of nitrogens with one attached hydrogen (secondary N) is 1. The number of benzene rings is 1. The van der Waals surface area contributed by atoms with Gasteiger partial charge in [0.25, 0.3) is 5.91 Å². The predicted octanol–water partition coefficient (Wildman–Crippen LogP) is -0.163. The summed E-state index contributed by atoms with van der Waals surface area (Å²) in [5.41, 5.74) is 9.68. The van der Waals surface area contributed by atoms with Crippen molar-refractivity contribution in [2.45, 2.75) is 6.92 Å². The summed E-state index contributed by atoms with van der Waals surface area (Å²) in [4.78, 5) is 32.1. The highest BCUT2D eigenvalue weighted by atomic mass is 19.1. The standard InChI is InChI=1S/C16H14FN5O3.CH3NO/c1-3-9-6-13(10(16(24)25)7-11(9)17)20-15(23)12-4-5-14(8(2)18)22(19)21-12;2-1-3/h1,4-7H,18-19H2,2H3,(H,20,23)(H,24,25);1H,(H2,2,3)/b14-8-;. The van der Waals surface area contributed by atoms with Gasteiger partial charge in [-0.3, -0.25) is 9.59 Å². The lowest BCUT2D eigenvalue weighted by atomic mass is 10.1. The SMILES string of the molecule is C#Cc1cc(NC(=O)C2=NN(N)/C(=C(/C)N)C=C2)c(C(=O)O)cc1F.NC=O. The van der Waals surface area contributed by atoms with Gasteiger partial charge >= 0.3 is 5.97 Å². The highest BCUT2D eigenvalue weighted by Gasteiger charge is 2.20. The maximum absolute atomic E-state index is 13.7. The molecule has 2 rings (SSSR count). The number of hydrazine groups is 1. The van der Waals surface area contributed by atoms with Crippen molar-refractivity contribution < 1.29 is 23.9 Å². The minimum Gasteiger partial charge on any atom is -0.478 e. The lowest BCUT2D eigenvalue weighted by Crippen LogP contribution is -2.33. The molecule has 0 unspecified atom stereocenters. The number of terminal acetylenes is 1. The van der Waals surface area contributed by atoms with Crippen LogP contribution in [0.15, 0.2) is 40.8 Å². The molecule has 10 nitrogen and oxygen atoms in total. The van der Waals surface area contributed by atoms with Crippen LogP contribution in [0, 0.1) is 18.2 Å². The van der Waals surface area contributed by atoms with Crippen molar-refractivity contribution in [1.82, 2.24) is 5.12 Å². The second kappa shape index (κ2) is 9.51. The van der Waals surface area contributed by atoms with Crippen molar-refractivity contribution in [3.05, 3.63) is 52.6 Å². The lowest BCUT2D eigenvalue weighted by Gasteiger charge is -2.20. The molecule has 0 aliphatic carbocycles. The van der Waals surface area contributed by atoms with Gasteiger partial charge < -0.3 is 21.9 Å². The van der Waals surface area contributed by atoms with E-state index in [0.717, 1.165) is 17.3 Å². The van der Waals surface area contributed by atoms with Gasteiger partial charge in [-0.1, -0.05) is 5.92 Å². The van der Waals surface area contributed by atoms with E-state index >= 15 is 0 Å². The number of nitrogens with zero attached hydrogens (tertiary/aromatic N) is 2. The molecule has 1 aliphatic heterocycles. The summed E-state index contributed by atoms with van der Waals surface area (Å²) in [6.07, 6.45) is 8.24. The Balaban J connectivity index is 0.00000122. The van der Waals surface area contributed by atoms with Gasteiger partial charge in [0.2, 0.25) is 6.41 Å². The van der Waals surface area contributed by atoms with Crippen LogP contribution in [0.3, 0.4) is 0 Å². The second-order valence-corrected chi connectivity index (χ2v) is 5.15. The Labute approximate surface area is 159 Å². The van der Waals surface area contributed by atoms with Gasteiger partial charge in [0.05, 0.1) is 22.5 Å². The fourth-order valence-electron chi connectivity index (χ4n) is 2.02. The Morgan fingerprint density at radius 3 is 2.46 bits per heavy atom. The van der Waals surface area contributed by atoms with Crippen LogP contribution in [0.1, 0.15) is 22.8 Å². The zero-order valence-corrected chi connectivity index (χ0v) is 14.6. The molecule has 0 aromatic heterocycles. The van der Waals surface area contributed by atoms with E-state index in [9.17, 15) is 14.0 Å². The van der Waals surface area contributed by atoms with Crippen molar-refractivity contribution in [2.24, 2.45) is 22.4 Å². The highest BCUT2D eigenvalue weighted by Crippen LogP contribution is 2.21. The van der Waals surface area contributed by atoms with E-state index in [2.05, 4.69) is 22.1 Å². The number of halogens is 1. The number of carbonyl (C=O) groups excluding carboxylic acids is 2. The van der Waals surface area contributed by atoms with E-state index in [4.69, 9.17) is 27.9 Å². The fourth-order valence-corrected chi connectivity index (χ4v) is 2.02. The molecule has 8 N–H and O–H groups in total. The quantitative estimate of drug-likeness (QED) is 0.271. The van der Waals surface area contributed by atoms with Crippen LogP contribution in [-0.4, -0.2) is 34.2 Å². The third-order valence-electron chi connectivity index (χ3n) is 3.24. The largest absolute Gasteiger partial charge is 0.478 e. The van der Waals surface area contributed by atoms with Gasteiger partial charge in [-0.15, -0.1) is 6.42 Å².